The van der Waals surface area contributed by atoms with Gasteiger partial charge in [0.1, 0.15) is 5.75 Å². The van der Waals surface area contributed by atoms with E-state index in [1.807, 2.05) is 24.3 Å². The van der Waals surface area contributed by atoms with Crippen molar-refractivity contribution in [1.29, 1.82) is 0 Å². The lowest BCUT2D eigenvalue weighted by atomic mass is 9.95. The predicted molar refractivity (Wildman–Crippen MR) is 108 cm³/mol. The summed E-state index contributed by atoms with van der Waals surface area (Å²) in [6.45, 7) is 4.20. The van der Waals surface area contributed by atoms with Gasteiger partial charge < -0.3 is 10.1 Å². The Kier molecular flexibility index (Phi) is 6.77. The van der Waals surface area contributed by atoms with E-state index in [-0.39, 0.29) is 11.9 Å². The number of methoxy groups -OCH3 is 1. The molecule has 6 nitrogen and oxygen atoms in total. The lowest BCUT2D eigenvalue weighted by Gasteiger charge is -2.22. The van der Waals surface area contributed by atoms with Gasteiger partial charge in [-0.2, -0.15) is 0 Å². The molecule has 0 aliphatic heterocycles. The molecule has 2 aromatic rings. The number of ether oxygens (including phenoxy) is 1. The molecule has 1 aromatic heterocycles. The maximum absolute atomic E-state index is 12.3. The molecule has 1 amide bonds. The van der Waals surface area contributed by atoms with Crippen molar-refractivity contribution in [3.63, 3.8) is 0 Å². The molecule has 1 aromatic carbocycles. The number of hydrogen-bond donors (Lipinski definition) is 1. The SMILES string of the molecule is COc1ccc(-c2nnc(SCC(=O)NC3CCCCC3)n2C(C)C)cc1. The maximum Gasteiger partial charge on any atom is 0.230 e. The average molecular weight is 389 g/mol. The van der Waals surface area contributed by atoms with E-state index in [1.54, 1.807) is 7.11 Å². The first-order chi connectivity index (χ1) is 13.1. The molecule has 0 saturated heterocycles. The summed E-state index contributed by atoms with van der Waals surface area (Å²) in [4.78, 5) is 12.3. The molecule has 3 rings (SSSR count). The molecule has 1 saturated carbocycles. The summed E-state index contributed by atoms with van der Waals surface area (Å²) in [6, 6.07) is 8.32. The number of carbonyl (C=O) groups excluding carboxylic acids is 1. The van der Waals surface area contributed by atoms with Gasteiger partial charge >= 0.3 is 0 Å². The monoisotopic (exact) mass is 388 g/mol. The lowest BCUT2D eigenvalue weighted by molar-refractivity contribution is -0.119. The van der Waals surface area contributed by atoms with Gasteiger partial charge in [-0.25, -0.2) is 0 Å². The van der Waals surface area contributed by atoms with Gasteiger partial charge in [0, 0.05) is 17.6 Å². The smallest absolute Gasteiger partial charge is 0.230 e. The zero-order valence-electron chi connectivity index (χ0n) is 16.3. The lowest BCUT2D eigenvalue weighted by Crippen LogP contribution is -2.37. The van der Waals surface area contributed by atoms with Gasteiger partial charge in [0.15, 0.2) is 11.0 Å². The maximum atomic E-state index is 12.3. The van der Waals surface area contributed by atoms with Crippen molar-refractivity contribution in [2.45, 2.75) is 63.2 Å². The molecule has 0 spiro atoms. The van der Waals surface area contributed by atoms with Gasteiger partial charge in [-0.05, 0) is 51.0 Å². The van der Waals surface area contributed by atoms with Crippen molar-refractivity contribution in [1.82, 2.24) is 20.1 Å². The Balaban J connectivity index is 1.68. The number of aromatic nitrogens is 3. The van der Waals surface area contributed by atoms with Crippen LogP contribution in [-0.2, 0) is 4.79 Å². The molecule has 1 aliphatic rings. The summed E-state index contributed by atoms with van der Waals surface area (Å²) in [5.41, 5.74) is 0.982. The molecule has 1 aliphatic carbocycles. The zero-order chi connectivity index (χ0) is 19.2. The van der Waals surface area contributed by atoms with Gasteiger partial charge in [-0.1, -0.05) is 31.0 Å². The van der Waals surface area contributed by atoms with E-state index in [2.05, 4.69) is 33.9 Å². The first kappa shape index (κ1) is 19.7. The molecule has 27 heavy (non-hydrogen) atoms. The van der Waals surface area contributed by atoms with Crippen LogP contribution in [0.4, 0.5) is 0 Å². The number of rotatable bonds is 7. The molecule has 0 atom stereocenters. The van der Waals surface area contributed by atoms with E-state index in [4.69, 9.17) is 4.74 Å². The summed E-state index contributed by atoms with van der Waals surface area (Å²) >= 11 is 1.45. The highest BCUT2D eigenvalue weighted by Gasteiger charge is 2.19. The molecule has 1 heterocycles. The van der Waals surface area contributed by atoms with E-state index in [0.29, 0.717) is 11.8 Å². The Morgan fingerprint density at radius 2 is 1.93 bits per heavy atom. The van der Waals surface area contributed by atoms with Crippen LogP contribution in [0.1, 0.15) is 52.0 Å². The highest BCUT2D eigenvalue weighted by molar-refractivity contribution is 7.99. The topological polar surface area (TPSA) is 69.0 Å². The Bertz CT molecular complexity index is 752. The normalized spacial score (nSPS) is 15.1. The highest BCUT2D eigenvalue weighted by atomic mass is 32.2. The van der Waals surface area contributed by atoms with Crippen molar-refractivity contribution in [2.75, 3.05) is 12.9 Å². The molecule has 7 heteroatoms. The van der Waals surface area contributed by atoms with Gasteiger partial charge in [0.25, 0.3) is 0 Å². The van der Waals surface area contributed by atoms with Gasteiger partial charge in [0.05, 0.1) is 12.9 Å². The minimum Gasteiger partial charge on any atom is -0.497 e. The molecular formula is C20H28N4O2S. The molecule has 1 N–H and O–H groups in total. The largest absolute Gasteiger partial charge is 0.497 e. The summed E-state index contributed by atoms with van der Waals surface area (Å²) in [5.74, 6) is 2.06. The minimum absolute atomic E-state index is 0.0798. The third-order valence-corrected chi connectivity index (χ3v) is 5.77. The second-order valence-corrected chi connectivity index (χ2v) is 8.13. The van der Waals surface area contributed by atoms with Crippen LogP contribution >= 0.6 is 11.8 Å². The molecule has 0 unspecified atom stereocenters. The van der Waals surface area contributed by atoms with Crippen LogP contribution in [0.2, 0.25) is 0 Å². The van der Waals surface area contributed by atoms with Crippen molar-refractivity contribution < 1.29 is 9.53 Å². The zero-order valence-corrected chi connectivity index (χ0v) is 17.1. The van der Waals surface area contributed by atoms with Crippen molar-refractivity contribution in [2.24, 2.45) is 0 Å². The number of thioether (sulfide) groups is 1. The van der Waals surface area contributed by atoms with E-state index < -0.39 is 0 Å². The Morgan fingerprint density at radius 1 is 1.22 bits per heavy atom. The molecule has 1 fully saturated rings. The Labute approximate surface area is 165 Å². The van der Waals surface area contributed by atoms with Crippen LogP contribution in [0.15, 0.2) is 29.4 Å². The van der Waals surface area contributed by atoms with E-state index >= 15 is 0 Å². The van der Waals surface area contributed by atoms with E-state index in [0.717, 1.165) is 35.1 Å². The van der Waals surface area contributed by atoms with Crippen LogP contribution in [0.5, 0.6) is 5.75 Å². The molecule has 146 valence electrons. The second-order valence-electron chi connectivity index (χ2n) is 7.19. The quantitative estimate of drug-likeness (QED) is 0.724. The van der Waals surface area contributed by atoms with Crippen LogP contribution < -0.4 is 10.1 Å². The van der Waals surface area contributed by atoms with Crippen LogP contribution in [0.25, 0.3) is 11.4 Å². The fourth-order valence-corrected chi connectivity index (χ4v) is 4.30. The first-order valence-corrected chi connectivity index (χ1v) is 10.6. The van der Waals surface area contributed by atoms with Crippen molar-refractivity contribution in [3.05, 3.63) is 24.3 Å². The Hall–Kier alpha value is -2.02. The second kappa shape index (κ2) is 9.26. The summed E-state index contributed by atoms with van der Waals surface area (Å²) in [7, 11) is 1.65. The highest BCUT2D eigenvalue weighted by Crippen LogP contribution is 2.28. The summed E-state index contributed by atoms with van der Waals surface area (Å²) < 4.78 is 7.31. The van der Waals surface area contributed by atoms with Crippen LogP contribution in [-0.4, -0.2) is 39.6 Å². The van der Waals surface area contributed by atoms with E-state index in [9.17, 15) is 4.79 Å². The average Bonchev–Trinajstić information content (AvgIpc) is 3.11. The number of hydrogen-bond acceptors (Lipinski definition) is 5. The Morgan fingerprint density at radius 3 is 2.56 bits per heavy atom. The number of benzene rings is 1. The predicted octanol–water partition coefficient (Wildman–Crippen LogP) is 4.08. The van der Waals surface area contributed by atoms with Gasteiger partial charge in [0.2, 0.25) is 5.91 Å². The van der Waals surface area contributed by atoms with Crippen molar-refractivity contribution >= 4 is 17.7 Å². The third kappa shape index (κ3) is 5.03. The fraction of sp³-hybridized carbons (Fsp3) is 0.550. The van der Waals surface area contributed by atoms with Crippen LogP contribution in [0, 0.1) is 0 Å². The molecule has 0 radical (unpaired) electrons. The first-order valence-electron chi connectivity index (χ1n) is 9.60. The van der Waals surface area contributed by atoms with Crippen LogP contribution in [0.3, 0.4) is 0 Å². The number of carbonyl (C=O) groups is 1. The van der Waals surface area contributed by atoms with Crippen molar-refractivity contribution in [3.8, 4) is 17.1 Å². The minimum atomic E-state index is 0.0798. The summed E-state index contributed by atoms with van der Waals surface area (Å²) in [5, 5.41) is 12.6. The fourth-order valence-electron chi connectivity index (χ4n) is 3.42. The third-order valence-electron chi connectivity index (χ3n) is 4.83. The molecular weight excluding hydrogens is 360 g/mol. The standard InChI is InChI=1S/C20H28N4O2S/c1-14(2)24-19(15-9-11-17(26-3)12-10-15)22-23-20(24)27-13-18(25)21-16-7-5-4-6-8-16/h9-12,14,16H,4-8,13H2,1-3H3,(H,21,25). The molecule has 0 bridgehead atoms. The van der Waals surface area contributed by atoms with Gasteiger partial charge in [-0.15, -0.1) is 10.2 Å². The number of nitrogens with one attached hydrogen (secondary N) is 1. The van der Waals surface area contributed by atoms with E-state index in [1.165, 1.54) is 31.0 Å². The number of amides is 1. The number of nitrogens with zero attached hydrogens (tertiary/aromatic N) is 3. The summed E-state index contributed by atoms with van der Waals surface area (Å²) in [6.07, 6.45) is 5.91. The van der Waals surface area contributed by atoms with Gasteiger partial charge in [-0.3, -0.25) is 9.36 Å².